The SMILES string of the molecule is COc1cc(OC)c(-c2nc3ccccc3[nH]2)c(OC)c1. The van der Waals surface area contributed by atoms with Gasteiger partial charge in [0, 0.05) is 12.1 Å². The first-order valence-electron chi connectivity index (χ1n) is 6.52. The van der Waals surface area contributed by atoms with Crippen molar-refractivity contribution in [3.8, 4) is 28.6 Å². The summed E-state index contributed by atoms with van der Waals surface area (Å²) in [6.45, 7) is 0. The Balaban J connectivity index is 2.24. The molecule has 21 heavy (non-hydrogen) atoms. The summed E-state index contributed by atoms with van der Waals surface area (Å²) in [5.74, 6) is 2.66. The minimum absolute atomic E-state index is 0.644. The zero-order valence-corrected chi connectivity index (χ0v) is 12.1. The van der Waals surface area contributed by atoms with Crippen LogP contribution in [0.15, 0.2) is 36.4 Å². The number of imidazole rings is 1. The third kappa shape index (κ3) is 2.27. The van der Waals surface area contributed by atoms with Crippen molar-refractivity contribution < 1.29 is 14.2 Å². The summed E-state index contributed by atoms with van der Waals surface area (Å²) in [6, 6.07) is 11.5. The summed E-state index contributed by atoms with van der Waals surface area (Å²) in [5, 5.41) is 0. The van der Waals surface area contributed by atoms with Crippen LogP contribution in [0.1, 0.15) is 0 Å². The zero-order chi connectivity index (χ0) is 14.8. The molecule has 108 valence electrons. The quantitative estimate of drug-likeness (QED) is 0.799. The van der Waals surface area contributed by atoms with E-state index in [1.54, 1.807) is 21.3 Å². The molecule has 0 aliphatic carbocycles. The number of ether oxygens (including phenoxy) is 3. The summed E-state index contributed by atoms with van der Waals surface area (Å²) in [7, 11) is 4.83. The second-order valence-corrected chi connectivity index (χ2v) is 4.51. The number of H-pyrrole nitrogens is 1. The molecule has 1 aromatic heterocycles. The van der Waals surface area contributed by atoms with Gasteiger partial charge in [0.05, 0.1) is 32.4 Å². The third-order valence-electron chi connectivity index (χ3n) is 3.34. The van der Waals surface area contributed by atoms with Gasteiger partial charge in [-0.25, -0.2) is 4.98 Å². The average Bonchev–Trinajstić information content (AvgIpc) is 2.96. The number of aromatic amines is 1. The Morgan fingerprint density at radius 3 is 2.14 bits per heavy atom. The topological polar surface area (TPSA) is 56.4 Å². The van der Waals surface area contributed by atoms with E-state index in [0.29, 0.717) is 23.1 Å². The van der Waals surface area contributed by atoms with Gasteiger partial charge in [0.2, 0.25) is 0 Å². The highest BCUT2D eigenvalue weighted by Crippen LogP contribution is 2.40. The lowest BCUT2D eigenvalue weighted by molar-refractivity contribution is 0.377. The first kappa shape index (κ1) is 13.3. The van der Waals surface area contributed by atoms with E-state index in [4.69, 9.17) is 14.2 Å². The number of nitrogens with one attached hydrogen (secondary N) is 1. The molecule has 0 fully saturated rings. The molecular formula is C16H16N2O3. The predicted octanol–water partition coefficient (Wildman–Crippen LogP) is 3.26. The molecule has 0 amide bonds. The molecule has 1 heterocycles. The van der Waals surface area contributed by atoms with Crippen LogP contribution in [-0.4, -0.2) is 31.3 Å². The predicted molar refractivity (Wildman–Crippen MR) is 81.2 cm³/mol. The van der Waals surface area contributed by atoms with Crippen molar-refractivity contribution in [3.05, 3.63) is 36.4 Å². The zero-order valence-electron chi connectivity index (χ0n) is 12.1. The van der Waals surface area contributed by atoms with E-state index in [9.17, 15) is 0 Å². The van der Waals surface area contributed by atoms with Crippen LogP contribution in [0.4, 0.5) is 0 Å². The molecule has 3 rings (SSSR count). The summed E-state index contributed by atoms with van der Waals surface area (Å²) in [6.07, 6.45) is 0. The number of aromatic nitrogens is 2. The Hall–Kier alpha value is -2.69. The maximum atomic E-state index is 5.46. The average molecular weight is 284 g/mol. The van der Waals surface area contributed by atoms with Crippen molar-refractivity contribution in [2.45, 2.75) is 0 Å². The van der Waals surface area contributed by atoms with Gasteiger partial charge in [0.25, 0.3) is 0 Å². The molecule has 0 atom stereocenters. The fourth-order valence-corrected chi connectivity index (χ4v) is 2.31. The van der Waals surface area contributed by atoms with Crippen LogP contribution < -0.4 is 14.2 Å². The Labute approximate surface area is 122 Å². The van der Waals surface area contributed by atoms with Gasteiger partial charge < -0.3 is 19.2 Å². The van der Waals surface area contributed by atoms with Gasteiger partial charge in [-0.2, -0.15) is 0 Å². The van der Waals surface area contributed by atoms with Gasteiger partial charge in [-0.15, -0.1) is 0 Å². The summed E-state index contributed by atoms with van der Waals surface area (Å²) < 4.78 is 16.2. The van der Waals surface area contributed by atoms with E-state index in [1.165, 1.54) is 0 Å². The smallest absolute Gasteiger partial charge is 0.146 e. The molecule has 0 aliphatic rings. The highest BCUT2D eigenvalue weighted by Gasteiger charge is 2.18. The van der Waals surface area contributed by atoms with Gasteiger partial charge in [0.15, 0.2) is 0 Å². The van der Waals surface area contributed by atoms with Gasteiger partial charge in [-0.05, 0) is 12.1 Å². The summed E-state index contributed by atoms with van der Waals surface area (Å²) in [4.78, 5) is 7.89. The summed E-state index contributed by atoms with van der Waals surface area (Å²) in [5.41, 5.74) is 2.64. The molecule has 3 aromatic rings. The lowest BCUT2D eigenvalue weighted by atomic mass is 10.1. The number of fused-ring (bicyclic) bond motifs is 1. The number of hydrogen-bond donors (Lipinski definition) is 1. The highest BCUT2D eigenvalue weighted by atomic mass is 16.5. The maximum absolute atomic E-state index is 5.46. The number of rotatable bonds is 4. The Morgan fingerprint density at radius 2 is 1.57 bits per heavy atom. The normalized spacial score (nSPS) is 10.6. The van der Waals surface area contributed by atoms with Crippen LogP contribution in [0.3, 0.4) is 0 Å². The lowest BCUT2D eigenvalue weighted by Crippen LogP contribution is -1.96. The van der Waals surface area contributed by atoms with Crippen molar-refractivity contribution in [3.63, 3.8) is 0 Å². The molecule has 2 aromatic carbocycles. The minimum Gasteiger partial charge on any atom is -0.496 e. The van der Waals surface area contributed by atoms with Crippen molar-refractivity contribution in [1.29, 1.82) is 0 Å². The molecule has 0 saturated heterocycles. The van der Waals surface area contributed by atoms with E-state index in [1.807, 2.05) is 36.4 Å². The fourth-order valence-electron chi connectivity index (χ4n) is 2.31. The molecule has 0 spiro atoms. The Kier molecular flexibility index (Phi) is 3.39. The van der Waals surface area contributed by atoms with Crippen molar-refractivity contribution >= 4 is 11.0 Å². The first-order chi connectivity index (χ1) is 10.3. The summed E-state index contributed by atoms with van der Waals surface area (Å²) >= 11 is 0. The molecule has 5 heteroatoms. The number of benzene rings is 2. The standard InChI is InChI=1S/C16H16N2O3/c1-19-10-8-13(20-2)15(14(9-10)21-3)16-17-11-6-4-5-7-12(11)18-16/h4-9H,1-3H3,(H,17,18). The van der Waals surface area contributed by atoms with Crippen LogP contribution >= 0.6 is 0 Å². The molecular weight excluding hydrogens is 268 g/mol. The van der Waals surface area contributed by atoms with Crippen molar-refractivity contribution in [2.24, 2.45) is 0 Å². The van der Waals surface area contributed by atoms with E-state index in [2.05, 4.69) is 9.97 Å². The first-order valence-corrected chi connectivity index (χ1v) is 6.52. The molecule has 0 aliphatic heterocycles. The van der Waals surface area contributed by atoms with Gasteiger partial charge in [0.1, 0.15) is 28.6 Å². The molecule has 0 bridgehead atoms. The van der Waals surface area contributed by atoms with E-state index in [0.717, 1.165) is 16.6 Å². The molecule has 0 saturated carbocycles. The second kappa shape index (κ2) is 5.36. The maximum Gasteiger partial charge on any atom is 0.146 e. The van der Waals surface area contributed by atoms with Crippen LogP contribution in [-0.2, 0) is 0 Å². The van der Waals surface area contributed by atoms with E-state index >= 15 is 0 Å². The van der Waals surface area contributed by atoms with Crippen LogP contribution in [0, 0.1) is 0 Å². The Morgan fingerprint density at radius 1 is 0.905 bits per heavy atom. The highest BCUT2D eigenvalue weighted by molar-refractivity contribution is 5.83. The number of nitrogens with zero attached hydrogens (tertiary/aromatic N) is 1. The lowest BCUT2D eigenvalue weighted by Gasteiger charge is -2.13. The molecule has 5 nitrogen and oxygen atoms in total. The third-order valence-corrected chi connectivity index (χ3v) is 3.34. The number of methoxy groups -OCH3 is 3. The minimum atomic E-state index is 0.644. The number of hydrogen-bond acceptors (Lipinski definition) is 4. The van der Waals surface area contributed by atoms with Crippen LogP contribution in [0.25, 0.3) is 22.4 Å². The molecule has 0 unspecified atom stereocenters. The van der Waals surface area contributed by atoms with Crippen LogP contribution in [0.2, 0.25) is 0 Å². The van der Waals surface area contributed by atoms with Gasteiger partial charge in [-0.1, -0.05) is 12.1 Å². The molecule has 0 radical (unpaired) electrons. The molecule has 1 N–H and O–H groups in total. The van der Waals surface area contributed by atoms with Gasteiger partial charge in [-0.3, -0.25) is 0 Å². The monoisotopic (exact) mass is 284 g/mol. The van der Waals surface area contributed by atoms with Crippen molar-refractivity contribution in [1.82, 2.24) is 9.97 Å². The van der Waals surface area contributed by atoms with Crippen molar-refractivity contribution in [2.75, 3.05) is 21.3 Å². The van der Waals surface area contributed by atoms with E-state index < -0.39 is 0 Å². The fraction of sp³-hybridized carbons (Fsp3) is 0.188. The largest absolute Gasteiger partial charge is 0.496 e. The second-order valence-electron chi connectivity index (χ2n) is 4.51. The van der Waals surface area contributed by atoms with E-state index in [-0.39, 0.29) is 0 Å². The van der Waals surface area contributed by atoms with Gasteiger partial charge >= 0.3 is 0 Å². The van der Waals surface area contributed by atoms with Crippen LogP contribution in [0.5, 0.6) is 17.2 Å². The number of para-hydroxylation sites is 2. The Bertz CT molecular complexity index is 722.